The molecule has 0 N–H and O–H groups in total. The van der Waals surface area contributed by atoms with Crippen LogP contribution in [0, 0.1) is 0 Å². The Bertz CT molecular complexity index is 1270. The number of nitrogens with zero attached hydrogens (tertiary/aromatic N) is 2. The van der Waals surface area contributed by atoms with Crippen molar-refractivity contribution in [1.82, 2.24) is 4.90 Å². The van der Waals surface area contributed by atoms with Gasteiger partial charge in [0.05, 0.1) is 24.3 Å². The first kappa shape index (κ1) is 25.9. The fraction of sp³-hybridized carbons (Fsp3) is 0.214. The standard InChI is InChI=1S/C28H27BrN2O4S/c1-4-31-27(32)26(36-28(31)30-22-11-13-23(33-3)14-12-22)17-20-8-15-24(25(16-20)34-5-2)35-18-19-6-9-21(29)10-7-19/h6-17H,4-5,18H2,1-3H3/b26-17+,30-28?. The van der Waals surface area contributed by atoms with E-state index in [0.29, 0.717) is 41.3 Å². The van der Waals surface area contributed by atoms with Gasteiger partial charge in [0.2, 0.25) is 0 Å². The van der Waals surface area contributed by atoms with Gasteiger partial charge >= 0.3 is 0 Å². The van der Waals surface area contributed by atoms with Gasteiger partial charge in [-0.3, -0.25) is 9.69 Å². The van der Waals surface area contributed by atoms with Crippen LogP contribution in [0.25, 0.3) is 6.08 Å². The van der Waals surface area contributed by atoms with Crippen LogP contribution in [0.3, 0.4) is 0 Å². The van der Waals surface area contributed by atoms with Gasteiger partial charge in [0.25, 0.3) is 5.91 Å². The highest BCUT2D eigenvalue weighted by Crippen LogP contribution is 2.36. The number of aliphatic imine (C=N–C) groups is 1. The summed E-state index contributed by atoms with van der Waals surface area (Å²) in [6, 6.07) is 21.1. The van der Waals surface area contributed by atoms with Gasteiger partial charge in [-0.2, -0.15) is 0 Å². The predicted octanol–water partition coefficient (Wildman–Crippen LogP) is 7.06. The molecule has 0 aliphatic carbocycles. The van der Waals surface area contributed by atoms with Crippen molar-refractivity contribution in [2.24, 2.45) is 4.99 Å². The van der Waals surface area contributed by atoms with E-state index in [9.17, 15) is 4.79 Å². The van der Waals surface area contributed by atoms with Crippen molar-refractivity contribution in [3.8, 4) is 17.2 Å². The lowest BCUT2D eigenvalue weighted by Crippen LogP contribution is -2.28. The van der Waals surface area contributed by atoms with Gasteiger partial charge in [-0.25, -0.2) is 4.99 Å². The van der Waals surface area contributed by atoms with E-state index in [1.54, 1.807) is 12.0 Å². The molecule has 0 atom stereocenters. The Balaban J connectivity index is 1.54. The first-order valence-electron chi connectivity index (χ1n) is 11.6. The Morgan fingerprint density at radius 1 is 0.972 bits per heavy atom. The van der Waals surface area contributed by atoms with Crippen molar-refractivity contribution < 1.29 is 19.0 Å². The third-order valence-electron chi connectivity index (χ3n) is 5.37. The second-order valence-corrected chi connectivity index (χ2v) is 9.73. The van der Waals surface area contributed by atoms with Crippen molar-refractivity contribution in [2.45, 2.75) is 20.5 Å². The molecule has 0 unspecified atom stereocenters. The largest absolute Gasteiger partial charge is 0.497 e. The van der Waals surface area contributed by atoms with Crippen LogP contribution in [0.2, 0.25) is 0 Å². The second-order valence-electron chi connectivity index (χ2n) is 7.81. The summed E-state index contributed by atoms with van der Waals surface area (Å²) in [4.78, 5) is 20.1. The number of hydrogen-bond donors (Lipinski definition) is 0. The number of amidine groups is 1. The number of rotatable bonds is 9. The molecule has 3 aromatic carbocycles. The predicted molar refractivity (Wildman–Crippen MR) is 149 cm³/mol. The Morgan fingerprint density at radius 2 is 1.72 bits per heavy atom. The van der Waals surface area contributed by atoms with Crippen LogP contribution in [-0.2, 0) is 11.4 Å². The van der Waals surface area contributed by atoms with Crippen molar-refractivity contribution in [2.75, 3.05) is 20.3 Å². The number of halogens is 1. The highest BCUT2D eigenvalue weighted by Gasteiger charge is 2.32. The third kappa shape index (κ3) is 6.30. The second kappa shape index (κ2) is 12.1. The van der Waals surface area contributed by atoms with Gasteiger partial charge in [-0.1, -0.05) is 34.1 Å². The number of benzene rings is 3. The van der Waals surface area contributed by atoms with Gasteiger partial charge in [0, 0.05) is 11.0 Å². The topological polar surface area (TPSA) is 60.4 Å². The minimum absolute atomic E-state index is 0.0664. The van der Waals surface area contributed by atoms with Crippen molar-refractivity contribution >= 4 is 50.5 Å². The van der Waals surface area contributed by atoms with E-state index >= 15 is 0 Å². The Kier molecular flexibility index (Phi) is 8.72. The average molecular weight is 568 g/mol. The molecule has 0 aromatic heterocycles. The molecular formula is C28H27BrN2O4S. The summed E-state index contributed by atoms with van der Waals surface area (Å²) >= 11 is 4.81. The van der Waals surface area contributed by atoms with E-state index in [0.717, 1.165) is 27.0 Å². The van der Waals surface area contributed by atoms with Gasteiger partial charge in [0.15, 0.2) is 16.7 Å². The molecule has 0 spiro atoms. The monoisotopic (exact) mass is 566 g/mol. The van der Waals surface area contributed by atoms with E-state index in [1.165, 1.54) is 11.8 Å². The Hall–Kier alpha value is -3.23. The summed E-state index contributed by atoms with van der Waals surface area (Å²) in [6.07, 6.45) is 1.87. The molecule has 4 rings (SSSR count). The average Bonchev–Trinajstić information content (AvgIpc) is 3.18. The van der Waals surface area contributed by atoms with E-state index in [4.69, 9.17) is 14.2 Å². The molecule has 3 aromatic rings. The first-order valence-corrected chi connectivity index (χ1v) is 13.2. The number of hydrogen-bond acceptors (Lipinski definition) is 6. The fourth-order valence-electron chi connectivity index (χ4n) is 3.53. The molecule has 1 saturated heterocycles. The third-order valence-corrected chi connectivity index (χ3v) is 6.91. The summed E-state index contributed by atoms with van der Waals surface area (Å²) < 4.78 is 18.1. The molecule has 0 saturated carbocycles. The van der Waals surface area contributed by atoms with Crippen LogP contribution in [0.5, 0.6) is 17.2 Å². The SMILES string of the molecule is CCOc1cc(/C=C2/SC(=Nc3ccc(OC)cc3)N(CC)C2=O)ccc1OCc1ccc(Br)cc1. The number of carbonyl (C=O) groups is 1. The van der Waals surface area contributed by atoms with Crippen molar-refractivity contribution in [3.63, 3.8) is 0 Å². The molecule has 1 heterocycles. The number of carbonyl (C=O) groups excluding carboxylic acids is 1. The molecule has 1 fully saturated rings. The quantitative estimate of drug-likeness (QED) is 0.259. The zero-order valence-electron chi connectivity index (χ0n) is 20.4. The molecule has 36 heavy (non-hydrogen) atoms. The molecule has 1 aliphatic heterocycles. The Labute approximate surface area is 224 Å². The number of methoxy groups -OCH3 is 1. The van der Waals surface area contributed by atoms with Gasteiger partial charge in [-0.05, 0) is 91.3 Å². The maximum absolute atomic E-state index is 13.1. The smallest absolute Gasteiger partial charge is 0.266 e. The molecule has 6 nitrogen and oxygen atoms in total. The van der Waals surface area contributed by atoms with Crippen LogP contribution < -0.4 is 14.2 Å². The highest BCUT2D eigenvalue weighted by atomic mass is 79.9. The summed E-state index contributed by atoms with van der Waals surface area (Å²) in [5, 5.41) is 0.651. The minimum atomic E-state index is -0.0664. The molecule has 0 bridgehead atoms. The highest BCUT2D eigenvalue weighted by molar-refractivity contribution is 9.10. The number of ether oxygens (including phenoxy) is 3. The maximum atomic E-state index is 13.1. The zero-order chi connectivity index (χ0) is 25.5. The summed E-state index contributed by atoms with van der Waals surface area (Å²) in [5.41, 5.74) is 2.67. The maximum Gasteiger partial charge on any atom is 0.266 e. The zero-order valence-corrected chi connectivity index (χ0v) is 22.8. The van der Waals surface area contributed by atoms with Crippen LogP contribution in [0.1, 0.15) is 25.0 Å². The lowest BCUT2D eigenvalue weighted by atomic mass is 10.1. The first-order chi connectivity index (χ1) is 17.5. The molecule has 8 heteroatoms. The van der Waals surface area contributed by atoms with E-state index < -0.39 is 0 Å². The van der Waals surface area contributed by atoms with Crippen molar-refractivity contribution in [3.05, 3.63) is 87.2 Å². The summed E-state index contributed by atoms with van der Waals surface area (Å²) in [6.45, 7) is 5.34. The summed E-state index contributed by atoms with van der Waals surface area (Å²) in [7, 11) is 1.63. The summed E-state index contributed by atoms with van der Waals surface area (Å²) in [5.74, 6) is 1.99. The van der Waals surface area contributed by atoms with E-state index in [2.05, 4.69) is 20.9 Å². The van der Waals surface area contributed by atoms with E-state index in [1.807, 2.05) is 86.7 Å². The lowest BCUT2D eigenvalue weighted by Gasteiger charge is -2.13. The van der Waals surface area contributed by atoms with Crippen LogP contribution in [0.15, 0.2) is 81.1 Å². The van der Waals surface area contributed by atoms with E-state index in [-0.39, 0.29) is 5.91 Å². The normalized spacial score (nSPS) is 15.6. The molecule has 186 valence electrons. The molecule has 1 amide bonds. The van der Waals surface area contributed by atoms with Gasteiger partial charge < -0.3 is 14.2 Å². The molecular weight excluding hydrogens is 540 g/mol. The van der Waals surface area contributed by atoms with Crippen LogP contribution in [0.4, 0.5) is 5.69 Å². The fourth-order valence-corrected chi connectivity index (χ4v) is 4.86. The molecule has 1 aliphatic rings. The van der Waals surface area contributed by atoms with Crippen molar-refractivity contribution in [1.29, 1.82) is 0 Å². The van der Waals surface area contributed by atoms with Gasteiger partial charge in [-0.15, -0.1) is 0 Å². The number of thioether (sulfide) groups is 1. The number of likely N-dealkylation sites (N-methyl/N-ethyl adjacent to an activating group) is 1. The number of amides is 1. The van der Waals surface area contributed by atoms with Gasteiger partial charge in [0.1, 0.15) is 12.4 Å². The Morgan fingerprint density at radius 3 is 2.39 bits per heavy atom. The minimum Gasteiger partial charge on any atom is -0.497 e. The van der Waals surface area contributed by atoms with Crippen LogP contribution >= 0.6 is 27.7 Å². The lowest BCUT2D eigenvalue weighted by molar-refractivity contribution is -0.122. The molecule has 0 radical (unpaired) electrons. The van der Waals surface area contributed by atoms with Crippen LogP contribution in [-0.4, -0.2) is 36.2 Å².